The number of nitrogens with zero attached hydrogens (tertiary/aromatic N) is 1. The monoisotopic (exact) mass is 322 g/mol. The number of anilines is 2. The zero-order valence-electron chi connectivity index (χ0n) is 14.1. The molecule has 1 aliphatic rings. The van der Waals surface area contributed by atoms with E-state index in [0.29, 0.717) is 0 Å². The number of rotatable bonds is 5. The molecule has 2 aromatic carbocycles. The van der Waals surface area contributed by atoms with Gasteiger partial charge in [0, 0.05) is 36.1 Å². The molecule has 0 saturated heterocycles. The summed E-state index contributed by atoms with van der Waals surface area (Å²) in [6.07, 6.45) is 4.37. The summed E-state index contributed by atoms with van der Waals surface area (Å²) in [7, 11) is 1.62. The van der Waals surface area contributed by atoms with E-state index in [1.165, 1.54) is 17.3 Å². The van der Waals surface area contributed by atoms with Gasteiger partial charge in [-0.15, -0.1) is 0 Å². The number of carbonyl (C=O) groups excluding carboxylic acids is 1. The molecule has 0 radical (unpaired) electrons. The highest BCUT2D eigenvalue weighted by Gasteiger charge is 2.17. The summed E-state index contributed by atoms with van der Waals surface area (Å²) in [4.78, 5) is 14.5. The third-order valence-electron chi connectivity index (χ3n) is 4.28. The maximum absolute atomic E-state index is 12.2. The molecule has 4 heteroatoms. The van der Waals surface area contributed by atoms with Gasteiger partial charge in [0.2, 0.25) is 5.91 Å². The fourth-order valence-corrected chi connectivity index (χ4v) is 3.01. The highest BCUT2D eigenvalue weighted by molar-refractivity contribution is 6.02. The first-order chi connectivity index (χ1) is 11.7. The fraction of sp³-hybridized carbons (Fsp3) is 0.250. The van der Waals surface area contributed by atoms with Crippen LogP contribution < -0.4 is 15.0 Å². The number of likely N-dealkylation sites (N-methyl/N-ethyl adjacent to an activating group) is 1. The van der Waals surface area contributed by atoms with Crippen molar-refractivity contribution in [3.05, 3.63) is 59.7 Å². The minimum absolute atomic E-state index is 0.151. The zero-order valence-corrected chi connectivity index (χ0v) is 14.1. The Labute approximate surface area is 142 Å². The number of nitrogens with one attached hydrogen (secondary N) is 1. The fourth-order valence-electron chi connectivity index (χ4n) is 3.01. The van der Waals surface area contributed by atoms with Crippen molar-refractivity contribution in [2.75, 3.05) is 30.4 Å². The van der Waals surface area contributed by atoms with Gasteiger partial charge in [0.15, 0.2) is 0 Å². The van der Waals surface area contributed by atoms with Crippen LogP contribution in [0.25, 0.3) is 6.08 Å². The SMILES string of the molecule is CCN1CCc2ccc(NC(=O)/C=C/c3ccccc3OC)cc21. The molecule has 0 atom stereocenters. The summed E-state index contributed by atoms with van der Waals surface area (Å²) in [6.45, 7) is 4.19. The highest BCUT2D eigenvalue weighted by Crippen LogP contribution is 2.30. The number of fused-ring (bicyclic) bond motifs is 1. The summed E-state index contributed by atoms with van der Waals surface area (Å²) in [5.74, 6) is 0.597. The molecule has 0 bridgehead atoms. The number of hydrogen-bond donors (Lipinski definition) is 1. The number of ether oxygens (including phenoxy) is 1. The van der Waals surface area contributed by atoms with Gasteiger partial charge in [-0.05, 0) is 43.2 Å². The van der Waals surface area contributed by atoms with Crippen molar-refractivity contribution >= 4 is 23.4 Å². The van der Waals surface area contributed by atoms with Crippen LogP contribution in [0.5, 0.6) is 5.75 Å². The molecule has 0 unspecified atom stereocenters. The second-order valence-electron chi connectivity index (χ2n) is 5.74. The van der Waals surface area contributed by atoms with Gasteiger partial charge >= 0.3 is 0 Å². The van der Waals surface area contributed by atoms with Crippen LogP contribution in [0, 0.1) is 0 Å². The van der Waals surface area contributed by atoms with Crippen molar-refractivity contribution in [1.29, 1.82) is 0 Å². The van der Waals surface area contributed by atoms with Crippen molar-refractivity contribution in [3.8, 4) is 5.75 Å². The van der Waals surface area contributed by atoms with Crippen molar-refractivity contribution in [2.45, 2.75) is 13.3 Å². The first-order valence-electron chi connectivity index (χ1n) is 8.21. The minimum Gasteiger partial charge on any atom is -0.496 e. The lowest BCUT2D eigenvalue weighted by molar-refractivity contribution is -0.111. The van der Waals surface area contributed by atoms with E-state index in [2.05, 4.69) is 29.3 Å². The summed E-state index contributed by atoms with van der Waals surface area (Å²) in [6, 6.07) is 13.7. The molecule has 0 saturated carbocycles. The van der Waals surface area contributed by atoms with Gasteiger partial charge in [-0.25, -0.2) is 0 Å². The molecule has 0 aliphatic carbocycles. The van der Waals surface area contributed by atoms with Crippen LogP contribution in [0.15, 0.2) is 48.5 Å². The number of hydrogen-bond acceptors (Lipinski definition) is 3. The zero-order chi connectivity index (χ0) is 16.9. The predicted molar refractivity (Wildman–Crippen MR) is 98.7 cm³/mol. The predicted octanol–water partition coefficient (Wildman–Crippen LogP) is 3.73. The van der Waals surface area contributed by atoms with Gasteiger partial charge < -0.3 is 15.0 Å². The number of amides is 1. The molecule has 3 rings (SSSR count). The molecule has 24 heavy (non-hydrogen) atoms. The van der Waals surface area contributed by atoms with Gasteiger partial charge in [0.25, 0.3) is 0 Å². The average Bonchev–Trinajstić information content (AvgIpc) is 3.02. The molecule has 1 amide bonds. The maximum atomic E-state index is 12.2. The Kier molecular flexibility index (Phi) is 4.85. The number of para-hydroxylation sites is 1. The van der Waals surface area contributed by atoms with E-state index in [1.807, 2.05) is 30.3 Å². The van der Waals surface area contributed by atoms with Crippen LogP contribution in [0.4, 0.5) is 11.4 Å². The summed E-state index contributed by atoms with van der Waals surface area (Å²) >= 11 is 0. The van der Waals surface area contributed by atoms with E-state index in [0.717, 1.165) is 36.5 Å². The van der Waals surface area contributed by atoms with Gasteiger partial charge in [0.05, 0.1) is 7.11 Å². The summed E-state index contributed by atoms with van der Waals surface area (Å²) in [5.41, 5.74) is 4.27. The third-order valence-corrected chi connectivity index (χ3v) is 4.28. The topological polar surface area (TPSA) is 41.6 Å². The highest BCUT2D eigenvalue weighted by atomic mass is 16.5. The Morgan fingerprint density at radius 3 is 2.92 bits per heavy atom. The Morgan fingerprint density at radius 2 is 2.12 bits per heavy atom. The number of methoxy groups -OCH3 is 1. The molecule has 1 aliphatic heterocycles. The molecule has 0 spiro atoms. The lowest BCUT2D eigenvalue weighted by Gasteiger charge is -2.17. The molecule has 2 aromatic rings. The number of carbonyl (C=O) groups is 1. The van der Waals surface area contributed by atoms with Crippen LogP contribution in [-0.4, -0.2) is 26.1 Å². The van der Waals surface area contributed by atoms with E-state index >= 15 is 0 Å². The van der Waals surface area contributed by atoms with Crippen molar-refractivity contribution in [2.24, 2.45) is 0 Å². The van der Waals surface area contributed by atoms with E-state index in [-0.39, 0.29) is 5.91 Å². The first kappa shape index (κ1) is 16.1. The third kappa shape index (κ3) is 3.43. The van der Waals surface area contributed by atoms with E-state index < -0.39 is 0 Å². The quantitative estimate of drug-likeness (QED) is 0.853. The largest absolute Gasteiger partial charge is 0.496 e. The lowest BCUT2D eigenvalue weighted by Crippen LogP contribution is -2.19. The Hall–Kier alpha value is -2.75. The second kappa shape index (κ2) is 7.21. The lowest BCUT2D eigenvalue weighted by atomic mass is 10.1. The Bertz CT molecular complexity index is 768. The second-order valence-corrected chi connectivity index (χ2v) is 5.74. The van der Waals surface area contributed by atoms with Crippen molar-refractivity contribution in [1.82, 2.24) is 0 Å². The van der Waals surface area contributed by atoms with Crippen LogP contribution in [0.3, 0.4) is 0 Å². The number of benzene rings is 2. The van der Waals surface area contributed by atoms with Gasteiger partial charge in [-0.2, -0.15) is 0 Å². The van der Waals surface area contributed by atoms with Crippen LogP contribution in [0.2, 0.25) is 0 Å². The molecule has 0 aromatic heterocycles. The van der Waals surface area contributed by atoms with Crippen LogP contribution in [0.1, 0.15) is 18.1 Å². The summed E-state index contributed by atoms with van der Waals surface area (Å²) < 4.78 is 5.28. The van der Waals surface area contributed by atoms with Gasteiger partial charge in [0.1, 0.15) is 5.75 Å². The first-order valence-corrected chi connectivity index (χ1v) is 8.21. The minimum atomic E-state index is -0.151. The van der Waals surface area contributed by atoms with Crippen molar-refractivity contribution < 1.29 is 9.53 Å². The van der Waals surface area contributed by atoms with E-state index in [4.69, 9.17) is 4.74 Å². The van der Waals surface area contributed by atoms with Crippen LogP contribution >= 0.6 is 0 Å². The molecule has 124 valence electrons. The van der Waals surface area contributed by atoms with Crippen LogP contribution in [-0.2, 0) is 11.2 Å². The molecule has 4 nitrogen and oxygen atoms in total. The maximum Gasteiger partial charge on any atom is 0.248 e. The molecular weight excluding hydrogens is 300 g/mol. The van der Waals surface area contributed by atoms with E-state index in [9.17, 15) is 4.79 Å². The average molecular weight is 322 g/mol. The molecule has 1 N–H and O–H groups in total. The van der Waals surface area contributed by atoms with E-state index in [1.54, 1.807) is 13.2 Å². The molecule has 0 fully saturated rings. The Balaban J connectivity index is 1.70. The molecular formula is C20H22N2O2. The van der Waals surface area contributed by atoms with Crippen molar-refractivity contribution in [3.63, 3.8) is 0 Å². The molecule has 1 heterocycles. The standard InChI is InChI=1S/C20H22N2O2/c1-3-22-13-12-15-8-10-17(14-18(15)22)21-20(23)11-9-16-6-4-5-7-19(16)24-2/h4-11,14H,3,12-13H2,1-2H3,(H,21,23)/b11-9+. The Morgan fingerprint density at radius 1 is 1.29 bits per heavy atom. The van der Waals surface area contributed by atoms with Gasteiger partial charge in [-0.3, -0.25) is 4.79 Å². The summed E-state index contributed by atoms with van der Waals surface area (Å²) in [5, 5.41) is 2.93. The smallest absolute Gasteiger partial charge is 0.248 e. The van der Waals surface area contributed by atoms with Gasteiger partial charge in [-0.1, -0.05) is 24.3 Å². The normalized spacial score (nSPS) is 13.2.